The maximum absolute atomic E-state index is 13.0. The minimum Gasteiger partial charge on any atom is -0.481 e. The number of carbonyl (C=O) groups is 2. The predicted molar refractivity (Wildman–Crippen MR) is 171 cm³/mol. The maximum atomic E-state index is 13.0. The highest BCUT2D eigenvalue weighted by Gasteiger charge is 2.74. The quantitative estimate of drug-likeness (QED) is 0.145. The van der Waals surface area contributed by atoms with E-state index in [1.807, 2.05) is 6.92 Å². The molecule has 0 aromatic rings. The normalized spacial score (nSPS) is 55.2. The average molecular weight is 697 g/mol. The summed E-state index contributed by atoms with van der Waals surface area (Å²) >= 11 is 0. The van der Waals surface area contributed by atoms with E-state index in [4.69, 9.17) is 9.47 Å². The van der Waals surface area contributed by atoms with Gasteiger partial charge in [-0.25, -0.2) is 4.79 Å². The Kier molecular flexibility index (Phi) is 8.83. The molecule has 0 amide bonds. The second-order valence-electron chi connectivity index (χ2n) is 18.2. The lowest BCUT2D eigenvalue weighted by Crippen LogP contribution is -2.73. The van der Waals surface area contributed by atoms with E-state index in [1.165, 1.54) is 0 Å². The first kappa shape index (κ1) is 37.1. The average Bonchev–Trinajstić information content (AvgIpc) is 2.98. The number of aliphatic hydroxyl groups excluding tert-OH is 7. The van der Waals surface area contributed by atoms with E-state index < -0.39 is 107 Å². The van der Waals surface area contributed by atoms with E-state index in [9.17, 15) is 55.5 Å². The summed E-state index contributed by atoms with van der Waals surface area (Å²) in [6, 6.07) is 0. The van der Waals surface area contributed by atoms with Gasteiger partial charge in [-0.1, -0.05) is 53.2 Å². The van der Waals surface area contributed by atoms with Gasteiger partial charge in [-0.05, 0) is 78.4 Å². The number of rotatable bonds is 5. The molecule has 17 atom stereocenters. The fraction of sp³-hybridized carbons (Fsp3) is 0.889. The predicted octanol–water partition coefficient (Wildman–Crippen LogP) is 1.03. The molecule has 5 fully saturated rings. The van der Waals surface area contributed by atoms with E-state index in [-0.39, 0.29) is 36.5 Å². The fourth-order valence-electron chi connectivity index (χ4n) is 12.6. The van der Waals surface area contributed by atoms with Gasteiger partial charge in [0, 0.05) is 11.3 Å². The number of hydrogen-bond donors (Lipinski definition) is 9. The van der Waals surface area contributed by atoms with Gasteiger partial charge in [-0.15, -0.1) is 0 Å². The molecule has 6 aliphatic rings. The van der Waals surface area contributed by atoms with Crippen LogP contribution in [0.3, 0.4) is 0 Å². The SMILES string of the molecule is CC1(C)CC[C@]2(C(=O)O)[C@H](O)C[C@]3(C)C(=CC[C@@H]4[C@@]5(C)C[C@H](O)[C@H](O[C@@H]6O[C@H](C(=O)O)[C@@H](O)[C@H](O)[C@H]6O)[C@@](C)(CO)[C@@H]5[C@H](O)C[C@]43C)[C@@H]2C1. The zero-order valence-corrected chi connectivity index (χ0v) is 29.3. The van der Waals surface area contributed by atoms with Crippen molar-refractivity contribution in [3.05, 3.63) is 11.6 Å². The molecule has 1 saturated heterocycles. The standard InChI is InChI=1S/C36H56O13/c1-31(2)9-10-36(30(46)47)17(11-31)16-7-8-20-32(3)12-19(39)27(49-29-24(43)22(41)23(42)25(48-29)28(44)45)33(4,15-37)26(32)18(38)13-35(20,6)34(16,5)14-21(36)40/h7,17-27,29,37-43H,8-15H2,1-6H3,(H,44,45)(H,46,47)/t17-,18+,19-,20+,21+,22-,23-,24+,25-,26+,27-,29-,32+,33-,34+,35+,36+/m0/s1. The lowest BCUT2D eigenvalue weighted by atomic mass is 9.32. The van der Waals surface area contributed by atoms with Gasteiger partial charge in [0.15, 0.2) is 12.4 Å². The van der Waals surface area contributed by atoms with Gasteiger partial charge in [0.1, 0.15) is 23.7 Å². The molecule has 1 heterocycles. The molecule has 0 spiro atoms. The highest BCUT2D eigenvalue weighted by atomic mass is 16.7. The Bertz CT molecular complexity index is 1380. The topological polar surface area (TPSA) is 235 Å². The summed E-state index contributed by atoms with van der Waals surface area (Å²) in [6.45, 7) is 11.6. The second kappa shape index (κ2) is 11.7. The number of ether oxygens (including phenoxy) is 2. The summed E-state index contributed by atoms with van der Waals surface area (Å²) in [6.07, 6.45) is -9.13. The third kappa shape index (κ3) is 4.90. The van der Waals surface area contributed by atoms with Gasteiger partial charge in [0.2, 0.25) is 0 Å². The maximum Gasteiger partial charge on any atom is 0.335 e. The number of carboxylic acids is 2. The Morgan fingerprint density at radius 2 is 1.51 bits per heavy atom. The Hall–Kier alpha value is -1.68. The van der Waals surface area contributed by atoms with E-state index in [0.717, 1.165) is 5.57 Å². The fourth-order valence-corrected chi connectivity index (χ4v) is 12.6. The van der Waals surface area contributed by atoms with Crippen LogP contribution >= 0.6 is 0 Å². The molecule has 0 unspecified atom stereocenters. The van der Waals surface area contributed by atoms with E-state index >= 15 is 0 Å². The molecule has 6 rings (SSSR count). The van der Waals surface area contributed by atoms with Crippen molar-refractivity contribution in [2.75, 3.05) is 6.61 Å². The van der Waals surface area contributed by atoms with Gasteiger partial charge in [0.25, 0.3) is 0 Å². The lowest BCUT2D eigenvalue weighted by molar-refractivity contribution is -0.346. The van der Waals surface area contributed by atoms with Crippen LogP contribution in [0.2, 0.25) is 0 Å². The molecule has 0 bridgehead atoms. The second-order valence-corrected chi connectivity index (χ2v) is 18.2. The molecule has 4 saturated carbocycles. The van der Waals surface area contributed by atoms with Crippen LogP contribution in [-0.4, -0.2) is 120 Å². The Morgan fingerprint density at radius 3 is 2.10 bits per heavy atom. The number of carboxylic acid groups (broad SMARTS) is 2. The molecule has 5 aliphatic carbocycles. The zero-order chi connectivity index (χ0) is 36.4. The zero-order valence-electron chi connectivity index (χ0n) is 29.3. The highest BCUT2D eigenvalue weighted by Crippen LogP contribution is 2.76. The Balaban J connectivity index is 1.39. The summed E-state index contributed by atoms with van der Waals surface area (Å²) < 4.78 is 11.4. The van der Waals surface area contributed by atoms with Crippen molar-refractivity contribution < 1.29 is 65.0 Å². The number of fused-ring (bicyclic) bond motifs is 7. The van der Waals surface area contributed by atoms with Gasteiger partial charge < -0.3 is 55.4 Å². The van der Waals surface area contributed by atoms with Crippen molar-refractivity contribution in [3.63, 3.8) is 0 Å². The number of allylic oxidation sites excluding steroid dienone is 2. The molecule has 0 radical (unpaired) electrons. The first-order valence-corrected chi connectivity index (χ1v) is 17.7. The molecule has 49 heavy (non-hydrogen) atoms. The third-order valence-corrected chi connectivity index (χ3v) is 15.1. The van der Waals surface area contributed by atoms with Gasteiger partial charge in [-0.2, -0.15) is 0 Å². The van der Waals surface area contributed by atoms with Gasteiger partial charge in [0.05, 0.1) is 31.0 Å². The summed E-state index contributed by atoms with van der Waals surface area (Å²) in [5.41, 5.74) is -3.87. The van der Waals surface area contributed by atoms with E-state index in [1.54, 1.807) is 6.92 Å². The molecule has 278 valence electrons. The van der Waals surface area contributed by atoms with Crippen LogP contribution in [0.4, 0.5) is 0 Å². The minimum absolute atomic E-state index is 0.100. The summed E-state index contributed by atoms with van der Waals surface area (Å²) in [4.78, 5) is 24.8. The van der Waals surface area contributed by atoms with Crippen molar-refractivity contribution in [2.24, 2.45) is 50.2 Å². The van der Waals surface area contributed by atoms with Crippen LogP contribution in [0.5, 0.6) is 0 Å². The van der Waals surface area contributed by atoms with Crippen LogP contribution in [0, 0.1) is 50.2 Å². The molecule has 0 aromatic heterocycles. The smallest absolute Gasteiger partial charge is 0.335 e. The molecular weight excluding hydrogens is 640 g/mol. The molecule has 9 N–H and O–H groups in total. The largest absolute Gasteiger partial charge is 0.481 e. The van der Waals surface area contributed by atoms with Gasteiger partial charge >= 0.3 is 11.9 Å². The third-order valence-electron chi connectivity index (χ3n) is 15.1. The van der Waals surface area contributed by atoms with Crippen molar-refractivity contribution >= 4 is 11.9 Å². The summed E-state index contributed by atoms with van der Waals surface area (Å²) in [5, 5.41) is 98.5. The Morgan fingerprint density at radius 1 is 0.857 bits per heavy atom. The molecular formula is C36H56O13. The lowest BCUT2D eigenvalue weighted by Gasteiger charge is -2.73. The summed E-state index contributed by atoms with van der Waals surface area (Å²) in [5.74, 6) is -3.78. The van der Waals surface area contributed by atoms with Crippen LogP contribution in [0.1, 0.15) is 86.5 Å². The monoisotopic (exact) mass is 696 g/mol. The van der Waals surface area contributed by atoms with Crippen LogP contribution in [0.25, 0.3) is 0 Å². The van der Waals surface area contributed by atoms with E-state index in [2.05, 4.69) is 33.8 Å². The number of hydrogen-bond acceptors (Lipinski definition) is 11. The van der Waals surface area contributed by atoms with Crippen molar-refractivity contribution in [1.82, 2.24) is 0 Å². The molecule has 1 aliphatic heterocycles. The van der Waals surface area contributed by atoms with Crippen molar-refractivity contribution in [2.45, 2.75) is 142 Å². The summed E-state index contributed by atoms with van der Waals surface area (Å²) in [7, 11) is 0. The Labute approximate surface area is 286 Å². The van der Waals surface area contributed by atoms with Crippen LogP contribution in [0.15, 0.2) is 11.6 Å². The molecule has 0 aromatic carbocycles. The minimum atomic E-state index is -1.93. The van der Waals surface area contributed by atoms with Crippen LogP contribution in [-0.2, 0) is 19.1 Å². The van der Waals surface area contributed by atoms with Gasteiger partial charge in [-0.3, -0.25) is 4.79 Å². The number of aliphatic hydroxyl groups is 7. The van der Waals surface area contributed by atoms with Crippen LogP contribution < -0.4 is 0 Å². The van der Waals surface area contributed by atoms with Crippen molar-refractivity contribution in [1.29, 1.82) is 0 Å². The first-order chi connectivity index (χ1) is 22.6. The highest BCUT2D eigenvalue weighted by molar-refractivity contribution is 5.77. The molecule has 13 heteroatoms. The number of aliphatic carboxylic acids is 2. The first-order valence-electron chi connectivity index (χ1n) is 17.7. The molecule has 13 nitrogen and oxygen atoms in total. The van der Waals surface area contributed by atoms with E-state index in [0.29, 0.717) is 25.7 Å². The van der Waals surface area contributed by atoms with Crippen molar-refractivity contribution in [3.8, 4) is 0 Å².